The van der Waals surface area contributed by atoms with Gasteiger partial charge in [0.15, 0.2) is 0 Å². The minimum atomic E-state index is -0.768. The number of hydrogen-bond donors (Lipinski definition) is 3. The van der Waals surface area contributed by atoms with Crippen LogP contribution in [0.15, 0.2) is 18.2 Å². The van der Waals surface area contributed by atoms with Crippen molar-refractivity contribution in [3.05, 3.63) is 28.8 Å². The van der Waals surface area contributed by atoms with Crippen molar-refractivity contribution in [2.24, 2.45) is 5.92 Å². The number of rotatable bonds is 4. The fourth-order valence-electron chi connectivity index (χ4n) is 3.32. The van der Waals surface area contributed by atoms with Gasteiger partial charge < -0.3 is 15.7 Å². The Balaban J connectivity index is 1.67. The van der Waals surface area contributed by atoms with E-state index in [-0.39, 0.29) is 23.9 Å². The van der Waals surface area contributed by atoms with Gasteiger partial charge in [-0.2, -0.15) is 0 Å². The highest BCUT2D eigenvalue weighted by Crippen LogP contribution is 2.29. The molecule has 0 radical (unpaired) electrons. The van der Waals surface area contributed by atoms with Crippen molar-refractivity contribution in [2.75, 3.05) is 18.0 Å². The van der Waals surface area contributed by atoms with Gasteiger partial charge >= 0.3 is 12.0 Å². The molecule has 1 aromatic rings. The second kappa shape index (κ2) is 7.31. The molecule has 3 amide bonds. The van der Waals surface area contributed by atoms with E-state index in [2.05, 4.69) is 10.6 Å². The number of nitrogens with zero attached hydrogens (tertiary/aromatic N) is 1. The zero-order chi connectivity index (χ0) is 18.0. The maximum absolute atomic E-state index is 12.5. The molecule has 1 saturated carbocycles. The van der Waals surface area contributed by atoms with Crippen LogP contribution in [0.1, 0.15) is 36.0 Å². The summed E-state index contributed by atoms with van der Waals surface area (Å²) in [5.74, 6) is -1.32. The molecule has 2 aliphatic rings. The summed E-state index contributed by atoms with van der Waals surface area (Å²) in [6, 6.07) is 4.59. The topological polar surface area (TPSA) is 98.7 Å². The Labute approximate surface area is 150 Å². The lowest BCUT2D eigenvalue weighted by atomic mass is 9.86. The normalized spacial score (nSPS) is 23.2. The van der Waals surface area contributed by atoms with Crippen LogP contribution in [0.25, 0.3) is 0 Å². The Kier molecular flexibility index (Phi) is 5.13. The number of amides is 3. The molecule has 2 fully saturated rings. The third-order valence-corrected chi connectivity index (χ3v) is 5.09. The Hall–Kier alpha value is -2.28. The summed E-state index contributed by atoms with van der Waals surface area (Å²) in [7, 11) is 0. The van der Waals surface area contributed by atoms with Gasteiger partial charge in [0, 0.05) is 24.7 Å². The first-order chi connectivity index (χ1) is 12.0. The van der Waals surface area contributed by atoms with Crippen LogP contribution in [-0.2, 0) is 4.79 Å². The SMILES string of the molecule is O=C(NC1CCC(C(=O)O)CC1)c1ccc(Cl)c(N2CCNC2=O)c1. The summed E-state index contributed by atoms with van der Waals surface area (Å²) in [5.41, 5.74) is 0.943. The third-order valence-electron chi connectivity index (χ3n) is 4.77. The summed E-state index contributed by atoms with van der Waals surface area (Å²) >= 11 is 6.17. The third kappa shape index (κ3) is 3.87. The number of urea groups is 1. The summed E-state index contributed by atoms with van der Waals surface area (Å²) in [4.78, 5) is 36.8. The van der Waals surface area contributed by atoms with E-state index in [1.807, 2.05) is 0 Å². The molecule has 0 aromatic heterocycles. The summed E-state index contributed by atoms with van der Waals surface area (Å²) in [6.45, 7) is 1.04. The van der Waals surface area contributed by atoms with Crippen molar-refractivity contribution in [1.29, 1.82) is 0 Å². The number of carbonyl (C=O) groups is 3. The second-order valence-electron chi connectivity index (χ2n) is 6.41. The van der Waals surface area contributed by atoms with Crippen molar-refractivity contribution in [2.45, 2.75) is 31.7 Å². The highest BCUT2D eigenvalue weighted by molar-refractivity contribution is 6.34. The van der Waals surface area contributed by atoms with Gasteiger partial charge in [0.1, 0.15) is 0 Å². The second-order valence-corrected chi connectivity index (χ2v) is 6.82. The van der Waals surface area contributed by atoms with E-state index in [0.717, 1.165) is 0 Å². The van der Waals surface area contributed by atoms with Crippen LogP contribution in [-0.4, -0.2) is 42.1 Å². The molecule has 1 aliphatic heterocycles. The van der Waals surface area contributed by atoms with E-state index in [4.69, 9.17) is 16.7 Å². The van der Waals surface area contributed by atoms with E-state index in [1.54, 1.807) is 18.2 Å². The molecule has 3 N–H and O–H groups in total. The van der Waals surface area contributed by atoms with Crippen LogP contribution in [0.5, 0.6) is 0 Å². The molecule has 0 unspecified atom stereocenters. The predicted octanol–water partition coefficient (Wildman–Crippen LogP) is 2.24. The van der Waals surface area contributed by atoms with Crippen LogP contribution < -0.4 is 15.5 Å². The molecule has 0 spiro atoms. The zero-order valence-electron chi connectivity index (χ0n) is 13.6. The first kappa shape index (κ1) is 17.5. The minimum absolute atomic E-state index is 0.0303. The standard InChI is InChI=1S/C17H20ClN3O4/c18-13-6-3-11(9-14(13)21-8-7-19-17(21)25)15(22)20-12-4-1-10(2-5-12)16(23)24/h3,6,9-10,12H,1-2,4-5,7-8H2,(H,19,25)(H,20,22)(H,23,24). The number of nitrogens with one attached hydrogen (secondary N) is 2. The molecule has 25 heavy (non-hydrogen) atoms. The van der Waals surface area contributed by atoms with Crippen LogP contribution in [0.4, 0.5) is 10.5 Å². The van der Waals surface area contributed by atoms with Crippen molar-refractivity contribution >= 4 is 35.2 Å². The van der Waals surface area contributed by atoms with Gasteiger partial charge in [-0.05, 0) is 43.9 Å². The van der Waals surface area contributed by atoms with Gasteiger partial charge in [0.25, 0.3) is 5.91 Å². The number of carboxylic acids is 1. The molecule has 1 aliphatic carbocycles. The molecular weight excluding hydrogens is 346 g/mol. The average molecular weight is 366 g/mol. The number of hydrogen-bond acceptors (Lipinski definition) is 3. The minimum Gasteiger partial charge on any atom is -0.481 e. The summed E-state index contributed by atoms with van der Waals surface area (Å²) < 4.78 is 0. The van der Waals surface area contributed by atoms with Crippen molar-refractivity contribution in [1.82, 2.24) is 10.6 Å². The maximum Gasteiger partial charge on any atom is 0.322 e. The van der Waals surface area contributed by atoms with Gasteiger partial charge in [-0.25, -0.2) is 4.79 Å². The molecule has 3 rings (SSSR count). The highest BCUT2D eigenvalue weighted by atomic mass is 35.5. The van der Waals surface area contributed by atoms with Crippen molar-refractivity contribution in [3.63, 3.8) is 0 Å². The fraction of sp³-hybridized carbons (Fsp3) is 0.471. The number of carbonyl (C=O) groups excluding carboxylic acids is 2. The largest absolute Gasteiger partial charge is 0.481 e. The molecule has 1 aromatic carbocycles. The molecule has 134 valence electrons. The number of carboxylic acid groups (broad SMARTS) is 1. The van der Waals surface area contributed by atoms with Crippen molar-refractivity contribution < 1.29 is 19.5 Å². The van der Waals surface area contributed by atoms with E-state index >= 15 is 0 Å². The number of aliphatic carboxylic acids is 1. The summed E-state index contributed by atoms with van der Waals surface area (Å²) in [5, 5.41) is 15.1. The lowest BCUT2D eigenvalue weighted by molar-refractivity contribution is -0.142. The molecule has 8 heteroatoms. The molecular formula is C17H20ClN3O4. The predicted molar refractivity (Wildman–Crippen MR) is 93.0 cm³/mol. The van der Waals surface area contributed by atoms with E-state index in [9.17, 15) is 14.4 Å². The smallest absolute Gasteiger partial charge is 0.322 e. The molecule has 0 bridgehead atoms. The van der Waals surface area contributed by atoms with Gasteiger partial charge in [0.2, 0.25) is 0 Å². The first-order valence-electron chi connectivity index (χ1n) is 8.34. The van der Waals surface area contributed by atoms with Gasteiger partial charge in [-0.1, -0.05) is 11.6 Å². The average Bonchev–Trinajstić information content (AvgIpc) is 3.01. The highest BCUT2D eigenvalue weighted by Gasteiger charge is 2.28. The van der Waals surface area contributed by atoms with E-state index in [1.165, 1.54) is 4.90 Å². The molecule has 0 atom stereocenters. The Morgan fingerprint density at radius 2 is 1.96 bits per heavy atom. The maximum atomic E-state index is 12.5. The Morgan fingerprint density at radius 1 is 1.24 bits per heavy atom. The van der Waals surface area contributed by atoms with Crippen LogP contribution in [0, 0.1) is 5.92 Å². The summed E-state index contributed by atoms with van der Waals surface area (Å²) in [6.07, 6.45) is 2.44. The quantitative estimate of drug-likeness (QED) is 0.762. The number of benzene rings is 1. The fourth-order valence-corrected chi connectivity index (χ4v) is 3.54. The molecule has 1 heterocycles. The lowest BCUT2D eigenvalue weighted by Gasteiger charge is -2.27. The van der Waals surface area contributed by atoms with Gasteiger partial charge in [-0.3, -0.25) is 14.5 Å². The van der Waals surface area contributed by atoms with Crippen LogP contribution in [0.3, 0.4) is 0 Å². The van der Waals surface area contributed by atoms with Crippen LogP contribution >= 0.6 is 11.6 Å². The first-order valence-corrected chi connectivity index (χ1v) is 8.72. The lowest BCUT2D eigenvalue weighted by Crippen LogP contribution is -2.38. The zero-order valence-corrected chi connectivity index (χ0v) is 14.4. The van der Waals surface area contributed by atoms with Gasteiger partial charge in [-0.15, -0.1) is 0 Å². The van der Waals surface area contributed by atoms with Crippen molar-refractivity contribution in [3.8, 4) is 0 Å². The van der Waals surface area contributed by atoms with E-state index in [0.29, 0.717) is 55.0 Å². The monoisotopic (exact) mass is 365 g/mol. The number of anilines is 1. The Morgan fingerprint density at radius 3 is 2.56 bits per heavy atom. The molecule has 7 nitrogen and oxygen atoms in total. The van der Waals surface area contributed by atoms with Gasteiger partial charge in [0.05, 0.1) is 16.6 Å². The number of halogens is 1. The van der Waals surface area contributed by atoms with Crippen LogP contribution in [0.2, 0.25) is 5.02 Å². The Bertz CT molecular complexity index is 701. The van der Waals surface area contributed by atoms with E-state index < -0.39 is 5.97 Å². The molecule has 1 saturated heterocycles.